The first kappa shape index (κ1) is 13.5. The summed E-state index contributed by atoms with van der Waals surface area (Å²) in [6.07, 6.45) is 4.02. The molecule has 0 radical (unpaired) electrons. The molecule has 100 valence electrons. The summed E-state index contributed by atoms with van der Waals surface area (Å²) in [5.74, 6) is 2.00. The molecule has 0 bridgehead atoms. The van der Waals surface area contributed by atoms with Gasteiger partial charge in [-0.2, -0.15) is 0 Å². The van der Waals surface area contributed by atoms with Crippen LogP contribution in [0.15, 0.2) is 12.1 Å². The Morgan fingerprint density at radius 2 is 2.17 bits per heavy atom. The van der Waals surface area contributed by atoms with E-state index in [1.54, 1.807) is 7.11 Å². The zero-order valence-corrected chi connectivity index (χ0v) is 11.4. The van der Waals surface area contributed by atoms with Gasteiger partial charge in [0.1, 0.15) is 0 Å². The van der Waals surface area contributed by atoms with E-state index >= 15 is 0 Å². The van der Waals surface area contributed by atoms with Crippen molar-refractivity contribution in [3.63, 3.8) is 0 Å². The Kier molecular flexibility index (Phi) is 4.72. The second kappa shape index (κ2) is 6.30. The summed E-state index contributed by atoms with van der Waals surface area (Å²) >= 11 is 6.18. The quantitative estimate of drug-likeness (QED) is 0.828. The lowest BCUT2D eigenvalue weighted by Gasteiger charge is -2.13. The highest BCUT2D eigenvalue weighted by Crippen LogP contribution is 2.38. The molecule has 4 heteroatoms. The van der Waals surface area contributed by atoms with E-state index in [2.05, 4.69) is 0 Å². The maximum Gasteiger partial charge on any atom is 0.179 e. The minimum atomic E-state index is 0.182. The van der Waals surface area contributed by atoms with Crippen LogP contribution in [0, 0.1) is 5.92 Å². The van der Waals surface area contributed by atoms with Gasteiger partial charge in [-0.3, -0.25) is 0 Å². The van der Waals surface area contributed by atoms with E-state index in [0.29, 0.717) is 22.4 Å². The first-order chi connectivity index (χ1) is 8.74. The van der Waals surface area contributed by atoms with Crippen LogP contribution < -0.4 is 9.47 Å². The van der Waals surface area contributed by atoms with E-state index in [9.17, 15) is 0 Å². The second-order valence-electron chi connectivity index (χ2n) is 4.69. The van der Waals surface area contributed by atoms with Crippen LogP contribution in [0.25, 0.3) is 0 Å². The average molecular weight is 271 g/mol. The fourth-order valence-electron chi connectivity index (χ4n) is 1.85. The van der Waals surface area contributed by atoms with Crippen molar-refractivity contribution in [2.45, 2.75) is 25.7 Å². The van der Waals surface area contributed by atoms with Gasteiger partial charge in [0.15, 0.2) is 11.5 Å². The molecule has 0 atom stereocenters. The van der Waals surface area contributed by atoms with Gasteiger partial charge >= 0.3 is 0 Å². The molecule has 1 N–H and O–H groups in total. The van der Waals surface area contributed by atoms with Crippen molar-refractivity contribution < 1.29 is 14.6 Å². The maximum atomic E-state index is 8.86. The van der Waals surface area contributed by atoms with E-state index in [1.165, 1.54) is 12.8 Å². The van der Waals surface area contributed by atoms with Crippen LogP contribution in [0.1, 0.15) is 24.8 Å². The number of hydrogen-bond donors (Lipinski definition) is 1. The third-order valence-corrected chi connectivity index (χ3v) is 3.35. The van der Waals surface area contributed by atoms with Gasteiger partial charge < -0.3 is 14.6 Å². The van der Waals surface area contributed by atoms with E-state index in [0.717, 1.165) is 25.0 Å². The van der Waals surface area contributed by atoms with Gasteiger partial charge in [0.25, 0.3) is 0 Å². The van der Waals surface area contributed by atoms with E-state index in [1.807, 2.05) is 12.1 Å². The third kappa shape index (κ3) is 3.53. The SMILES string of the molecule is COc1c(Cl)cc(CCCO)cc1OCC1CC1. The van der Waals surface area contributed by atoms with Crippen LogP contribution in [-0.2, 0) is 6.42 Å². The number of ether oxygens (including phenoxy) is 2. The van der Waals surface area contributed by atoms with Crippen LogP contribution in [0.5, 0.6) is 11.5 Å². The summed E-state index contributed by atoms with van der Waals surface area (Å²) in [6.45, 7) is 0.915. The van der Waals surface area contributed by atoms with E-state index in [4.69, 9.17) is 26.2 Å². The van der Waals surface area contributed by atoms with Crippen molar-refractivity contribution in [2.24, 2.45) is 5.92 Å². The summed E-state index contributed by atoms with van der Waals surface area (Å²) < 4.78 is 11.1. The van der Waals surface area contributed by atoms with Gasteiger partial charge in [0.2, 0.25) is 0 Å². The molecule has 1 fully saturated rings. The van der Waals surface area contributed by atoms with Crippen molar-refractivity contribution >= 4 is 11.6 Å². The fraction of sp³-hybridized carbons (Fsp3) is 0.571. The van der Waals surface area contributed by atoms with Gasteiger partial charge in [0.05, 0.1) is 18.7 Å². The highest BCUT2D eigenvalue weighted by Gasteiger charge is 2.23. The Balaban J connectivity index is 2.12. The molecule has 1 aromatic rings. The number of benzene rings is 1. The minimum absolute atomic E-state index is 0.182. The Morgan fingerprint density at radius 3 is 2.78 bits per heavy atom. The number of aliphatic hydroxyl groups is 1. The van der Waals surface area contributed by atoms with Crippen LogP contribution >= 0.6 is 11.6 Å². The second-order valence-corrected chi connectivity index (χ2v) is 5.10. The molecule has 1 saturated carbocycles. The summed E-state index contributed by atoms with van der Waals surface area (Å²) in [6, 6.07) is 3.84. The highest BCUT2D eigenvalue weighted by molar-refractivity contribution is 6.32. The number of methoxy groups -OCH3 is 1. The molecule has 1 aliphatic carbocycles. The summed E-state index contributed by atoms with van der Waals surface area (Å²) in [5, 5.41) is 9.43. The molecule has 1 aliphatic rings. The zero-order valence-electron chi connectivity index (χ0n) is 10.6. The van der Waals surface area contributed by atoms with Crippen LogP contribution in [0.4, 0.5) is 0 Å². The van der Waals surface area contributed by atoms with Crippen LogP contribution in [0.3, 0.4) is 0 Å². The number of hydrogen-bond acceptors (Lipinski definition) is 3. The lowest BCUT2D eigenvalue weighted by atomic mass is 10.1. The molecule has 0 spiro atoms. The lowest BCUT2D eigenvalue weighted by molar-refractivity contribution is 0.279. The molecule has 0 heterocycles. The predicted molar refractivity (Wildman–Crippen MR) is 71.6 cm³/mol. The van der Waals surface area contributed by atoms with Crippen molar-refractivity contribution in [1.82, 2.24) is 0 Å². The highest BCUT2D eigenvalue weighted by atomic mass is 35.5. The molecule has 0 saturated heterocycles. The number of aryl methyl sites for hydroxylation is 1. The molecule has 3 nitrogen and oxygen atoms in total. The first-order valence-corrected chi connectivity index (χ1v) is 6.72. The van der Waals surface area contributed by atoms with Gasteiger partial charge in [-0.1, -0.05) is 11.6 Å². The first-order valence-electron chi connectivity index (χ1n) is 6.34. The standard InChI is InChI=1S/C14H19ClO3/c1-17-14-12(15)7-11(3-2-6-16)8-13(14)18-9-10-4-5-10/h7-8,10,16H,2-6,9H2,1H3. The van der Waals surface area contributed by atoms with E-state index in [-0.39, 0.29) is 6.61 Å². The summed E-state index contributed by atoms with van der Waals surface area (Å²) in [5.41, 5.74) is 1.07. The molecular formula is C14H19ClO3. The lowest BCUT2D eigenvalue weighted by Crippen LogP contribution is -2.02. The molecule has 0 aromatic heterocycles. The normalized spacial score (nSPS) is 14.6. The topological polar surface area (TPSA) is 38.7 Å². The third-order valence-electron chi connectivity index (χ3n) is 3.07. The van der Waals surface area contributed by atoms with Gasteiger partial charge in [-0.25, -0.2) is 0 Å². The molecule has 0 amide bonds. The summed E-state index contributed by atoms with van der Waals surface area (Å²) in [4.78, 5) is 0. The number of rotatable bonds is 7. The fourth-order valence-corrected chi connectivity index (χ4v) is 2.16. The minimum Gasteiger partial charge on any atom is -0.491 e. The predicted octanol–water partition coefficient (Wildman–Crippen LogP) is 3.06. The average Bonchev–Trinajstić information content (AvgIpc) is 3.17. The number of halogens is 1. The molecule has 2 rings (SSSR count). The summed E-state index contributed by atoms with van der Waals surface area (Å²) in [7, 11) is 1.60. The van der Waals surface area contributed by atoms with Gasteiger partial charge in [0, 0.05) is 6.61 Å². The van der Waals surface area contributed by atoms with Gasteiger partial charge in [-0.15, -0.1) is 0 Å². The van der Waals surface area contributed by atoms with Crippen LogP contribution in [-0.4, -0.2) is 25.4 Å². The van der Waals surface area contributed by atoms with E-state index < -0.39 is 0 Å². The van der Waals surface area contributed by atoms with Crippen molar-refractivity contribution in [3.05, 3.63) is 22.7 Å². The molecule has 0 unspecified atom stereocenters. The van der Waals surface area contributed by atoms with Crippen LogP contribution in [0.2, 0.25) is 5.02 Å². The molecule has 0 aliphatic heterocycles. The van der Waals surface area contributed by atoms with Crippen molar-refractivity contribution in [1.29, 1.82) is 0 Å². The monoisotopic (exact) mass is 270 g/mol. The van der Waals surface area contributed by atoms with Crippen molar-refractivity contribution in [3.8, 4) is 11.5 Å². The zero-order chi connectivity index (χ0) is 13.0. The Hall–Kier alpha value is -0.930. The maximum absolute atomic E-state index is 8.86. The number of aliphatic hydroxyl groups excluding tert-OH is 1. The smallest absolute Gasteiger partial charge is 0.179 e. The molecule has 18 heavy (non-hydrogen) atoms. The Bertz CT molecular complexity index is 402. The largest absolute Gasteiger partial charge is 0.491 e. The molecular weight excluding hydrogens is 252 g/mol. The Morgan fingerprint density at radius 1 is 1.39 bits per heavy atom. The van der Waals surface area contributed by atoms with Crippen molar-refractivity contribution in [2.75, 3.05) is 20.3 Å². The Labute approximate surface area is 113 Å². The molecule has 1 aromatic carbocycles. The van der Waals surface area contributed by atoms with Gasteiger partial charge in [-0.05, 0) is 49.3 Å².